The number of rotatable bonds is 4. The van der Waals surface area contributed by atoms with Crippen LogP contribution in [0.2, 0.25) is 0 Å². The molecule has 1 rings (SSSR count). The Morgan fingerprint density at radius 1 is 1.50 bits per heavy atom. The first-order valence-electron chi connectivity index (χ1n) is 3.93. The molecule has 5 heteroatoms. The molecule has 2 atom stereocenters. The van der Waals surface area contributed by atoms with Crippen LogP contribution in [-0.4, -0.2) is 23.8 Å². The Hall–Kier alpha value is 0.100. The summed E-state index contributed by atoms with van der Waals surface area (Å²) in [6.45, 7) is 2.55. The topological polar surface area (TPSA) is 12.0 Å². The van der Waals surface area contributed by atoms with Crippen molar-refractivity contribution < 1.29 is 13.2 Å². The van der Waals surface area contributed by atoms with E-state index in [2.05, 4.69) is 12.2 Å². The van der Waals surface area contributed by atoms with Crippen molar-refractivity contribution in [1.29, 1.82) is 0 Å². The quantitative estimate of drug-likeness (QED) is 0.697. The third-order valence-corrected chi connectivity index (χ3v) is 2.62. The third kappa shape index (κ3) is 4.21. The molecule has 0 radical (unpaired) electrons. The molecule has 0 aliphatic heterocycles. The molecule has 0 aromatic heterocycles. The molecule has 12 heavy (non-hydrogen) atoms. The van der Waals surface area contributed by atoms with E-state index < -0.39 is 5.51 Å². The van der Waals surface area contributed by atoms with Gasteiger partial charge < -0.3 is 5.32 Å². The summed E-state index contributed by atoms with van der Waals surface area (Å²) in [6.07, 6.45) is 1.11. The molecule has 1 aliphatic rings. The van der Waals surface area contributed by atoms with E-state index in [0.29, 0.717) is 18.5 Å². The van der Waals surface area contributed by atoms with Gasteiger partial charge in [0.1, 0.15) is 0 Å². The summed E-state index contributed by atoms with van der Waals surface area (Å²) in [5, 5.41) is 3.06. The SMILES string of the molecule is CC1CC1NCCSC(F)(F)F. The van der Waals surface area contributed by atoms with Gasteiger partial charge in [0.15, 0.2) is 0 Å². The van der Waals surface area contributed by atoms with E-state index in [9.17, 15) is 13.2 Å². The van der Waals surface area contributed by atoms with Crippen LogP contribution in [0.1, 0.15) is 13.3 Å². The van der Waals surface area contributed by atoms with Crippen molar-refractivity contribution in [2.24, 2.45) is 5.92 Å². The van der Waals surface area contributed by atoms with E-state index in [1.807, 2.05) is 0 Å². The standard InChI is InChI=1S/C7H12F3NS/c1-5-4-6(5)11-2-3-12-7(8,9)10/h5-6,11H,2-4H2,1H3. The highest BCUT2D eigenvalue weighted by molar-refractivity contribution is 8.00. The molecule has 0 spiro atoms. The summed E-state index contributed by atoms with van der Waals surface area (Å²) in [7, 11) is 0. The number of thioether (sulfide) groups is 1. The molecule has 0 heterocycles. The average molecular weight is 199 g/mol. The summed E-state index contributed by atoms with van der Waals surface area (Å²) < 4.78 is 34.8. The number of alkyl halides is 3. The van der Waals surface area contributed by atoms with Crippen LogP contribution < -0.4 is 5.32 Å². The molecular weight excluding hydrogens is 187 g/mol. The van der Waals surface area contributed by atoms with E-state index in [4.69, 9.17) is 0 Å². The van der Waals surface area contributed by atoms with Gasteiger partial charge in [-0.25, -0.2) is 0 Å². The van der Waals surface area contributed by atoms with E-state index in [0.717, 1.165) is 6.42 Å². The van der Waals surface area contributed by atoms with E-state index >= 15 is 0 Å². The van der Waals surface area contributed by atoms with Crippen LogP contribution in [0.3, 0.4) is 0 Å². The van der Waals surface area contributed by atoms with Gasteiger partial charge in [-0.2, -0.15) is 13.2 Å². The summed E-state index contributed by atoms with van der Waals surface area (Å²) in [5.74, 6) is 0.771. The van der Waals surface area contributed by atoms with Crippen LogP contribution in [0.5, 0.6) is 0 Å². The minimum atomic E-state index is -4.07. The minimum Gasteiger partial charge on any atom is -0.313 e. The van der Waals surface area contributed by atoms with Crippen molar-refractivity contribution in [3.63, 3.8) is 0 Å². The van der Waals surface area contributed by atoms with Crippen molar-refractivity contribution in [2.45, 2.75) is 24.9 Å². The molecule has 0 aromatic carbocycles. The van der Waals surface area contributed by atoms with Gasteiger partial charge in [-0.05, 0) is 24.1 Å². The highest BCUT2D eigenvalue weighted by atomic mass is 32.2. The molecule has 1 saturated carbocycles. The lowest BCUT2D eigenvalue weighted by atomic mass is 10.5. The lowest BCUT2D eigenvalue weighted by molar-refractivity contribution is -0.0327. The Labute approximate surface area is 74.1 Å². The summed E-state index contributed by atoms with van der Waals surface area (Å²) in [5.41, 5.74) is -4.07. The van der Waals surface area contributed by atoms with Gasteiger partial charge in [-0.3, -0.25) is 0 Å². The number of halogens is 3. The summed E-state index contributed by atoms with van der Waals surface area (Å²) >= 11 is 0.0421. The van der Waals surface area contributed by atoms with Gasteiger partial charge in [-0.15, -0.1) is 0 Å². The predicted molar refractivity (Wildman–Crippen MR) is 44.1 cm³/mol. The van der Waals surface area contributed by atoms with Crippen LogP contribution >= 0.6 is 11.8 Å². The van der Waals surface area contributed by atoms with Gasteiger partial charge in [-0.1, -0.05) is 6.92 Å². The highest BCUT2D eigenvalue weighted by Gasteiger charge is 2.32. The van der Waals surface area contributed by atoms with Gasteiger partial charge in [0.25, 0.3) is 0 Å². The number of nitrogens with one attached hydrogen (secondary N) is 1. The molecule has 0 bridgehead atoms. The van der Waals surface area contributed by atoms with Gasteiger partial charge in [0.2, 0.25) is 0 Å². The van der Waals surface area contributed by atoms with Crippen LogP contribution in [0, 0.1) is 5.92 Å². The molecule has 1 nitrogen and oxygen atoms in total. The van der Waals surface area contributed by atoms with Crippen molar-refractivity contribution in [2.75, 3.05) is 12.3 Å². The van der Waals surface area contributed by atoms with E-state index in [-0.39, 0.29) is 17.5 Å². The van der Waals surface area contributed by atoms with E-state index in [1.54, 1.807) is 0 Å². The highest BCUT2D eigenvalue weighted by Crippen LogP contribution is 2.31. The Morgan fingerprint density at radius 2 is 2.08 bits per heavy atom. The maximum absolute atomic E-state index is 11.6. The Bertz CT molecular complexity index is 148. The van der Waals surface area contributed by atoms with Crippen LogP contribution in [0.25, 0.3) is 0 Å². The van der Waals surface area contributed by atoms with Crippen LogP contribution in [-0.2, 0) is 0 Å². The fraction of sp³-hybridized carbons (Fsp3) is 1.00. The smallest absolute Gasteiger partial charge is 0.313 e. The Balaban J connectivity index is 1.90. The molecule has 72 valence electrons. The zero-order valence-electron chi connectivity index (χ0n) is 6.82. The largest absolute Gasteiger partial charge is 0.441 e. The normalized spacial score (nSPS) is 29.0. The predicted octanol–water partition coefficient (Wildman–Crippen LogP) is 2.24. The fourth-order valence-corrected chi connectivity index (χ4v) is 1.47. The lowest BCUT2D eigenvalue weighted by Gasteiger charge is -2.05. The van der Waals surface area contributed by atoms with Crippen LogP contribution in [0.15, 0.2) is 0 Å². The zero-order valence-corrected chi connectivity index (χ0v) is 7.63. The minimum absolute atomic E-state index is 0.0421. The van der Waals surface area contributed by atoms with Crippen molar-refractivity contribution in [1.82, 2.24) is 5.32 Å². The van der Waals surface area contributed by atoms with Gasteiger partial charge >= 0.3 is 5.51 Å². The first-order chi connectivity index (χ1) is 5.49. The average Bonchev–Trinajstić information content (AvgIpc) is 2.57. The molecule has 1 fully saturated rings. The number of hydrogen-bond donors (Lipinski definition) is 1. The van der Waals surface area contributed by atoms with Gasteiger partial charge in [0, 0.05) is 18.3 Å². The molecule has 1 N–H and O–H groups in total. The molecule has 0 aromatic rings. The molecular formula is C7H12F3NS. The zero-order chi connectivity index (χ0) is 9.19. The maximum atomic E-state index is 11.6. The second-order valence-electron chi connectivity index (χ2n) is 3.07. The first-order valence-corrected chi connectivity index (χ1v) is 4.91. The Kier molecular flexibility index (Phi) is 3.29. The Morgan fingerprint density at radius 3 is 2.50 bits per heavy atom. The molecule has 1 aliphatic carbocycles. The second-order valence-corrected chi connectivity index (χ2v) is 4.23. The number of hydrogen-bond acceptors (Lipinski definition) is 2. The van der Waals surface area contributed by atoms with Crippen molar-refractivity contribution in [3.05, 3.63) is 0 Å². The first kappa shape index (κ1) is 10.2. The van der Waals surface area contributed by atoms with Crippen LogP contribution in [0.4, 0.5) is 13.2 Å². The molecule has 0 amide bonds. The van der Waals surface area contributed by atoms with Crippen molar-refractivity contribution in [3.8, 4) is 0 Å². The molecule has 2 unspecified atom stereocenters. The fourth-order valence-electron chi connectivity index (χ4n) is 1.02. The summed E-state index contributed by atoms with van der Waals surface area (Å²) in [6, 6.07) is 0.471. The summed E-state index contributed by atoms with van der Waals surface area (Å²) in [4.78, 5) is 0. The molecule has 0 saturated heterocycles. The van der Waals surface area contributed by atoms with E-state index in [1.165, 1.54) is 0 Å². The second kappa shape index (κ2) is 3.87. The lowest BCUT2D eigenvalue weighted by Crippen LogP contribution is -2.21. The maximum Gasteiger partial charge on any atom is 0.441 e. The van der Waals surface area contributed by atoms with Gasteiger partial charge in [0.05, 0.1) is 0 Å². The van der Waals surface area contributed by atoms with Crippen molar-refractivity contribution >= 4 is 11.8 Å². The monoisotopic (exact) mass is 199 g/mol. The third-order valence-electron chi connectivity index (χ3n) is 1.88.